The molecule has 2 heteroatoms. The molecule has 2 nitrogen and oxygen atoms in total. The van der Waals surface area contributed by atoms with Crippen LogP contribution in [0.4, 0.5) is 0 Å². The molecule has 0 saturated heterocycles. The summed E-state index contributed by atoms with van der Waals surface area (Å²) < 4.78 is 0.999. The summed E-state index contributed by atoms with van der Waals surface area (Å²) in [4.78, 5) is 0. The first-order valence-corrected chi connectivity index (χ1v) is 6.02. The van der Waals surface area contributed by atoms with Crippen molar-refractivity contribution in [1.29, 1.82) is 0 Å². The molecule has 1 aromatic carbocycles. The number of rotatable bonds is 1. The topological polar surface area (TPSA) is 26.1 Å². The first-order valence-electron chi connectivity index (χ1n) is 6.02. The fourth-order valence-electron chi connectivity index (χ4n) is 1.40. The Hall–Kier alpha value is -1.31. The largest absolute Gasteiger partial charge is 0.623 e. The lowest BCUT2D eigenvalue weighted by Crippen LogP contribution is -2.29. The van der Waals surface area contributed by atoms with E-state index in [0.29, 0.717) is 0 Å². The van der Waals surface area contributed by atoms with Gasteiger partial charge in [-0.2, -0.15) is 0 Å². The zero-order valence-electron chi connectivity index (χ0n) is 11.7. The van der Waals surface area contributed by atoms with E-state index in [1.165, 1.54) is 5.56 Å². The van der Waals surface area contributed by atoms with E-state index >= 15 is 0 Å². The van der Waals surface area contributed by atoms with Gasteiger partial charge in [-0.3, -0.25) is 0 Å². The molecule has 0 aliphatic rings. The van der Waals surface area contributed by atoms with Gasteiger partial charge in [-0.1, -0.05) is 32.9 Å². The van der Waals surface area contributed by atoms with Gasteiger partial charge in [-0.05, 0) is 23.1 Å². The minimum absolute atomic E-state index is 0.152. The molecule has 0 heterocycles. The van der Waals surface area contributed by atoms with Crippen molar-refractivity contribution in [2.24, 2.45) is 0 Å². The van der Waals surface area contributed by atoms with Crippen molar-refractivity contribution in [2.45, 2.75) is 52.5 Å². The van der Waals surface area contributed by atoms with Gasteiger partial charge in [0.1, 0.15) is 0 Å². The predicted molar refractivity (Wildman–Crippen MR) is 73.7 cm³/mol. The molecule has 1 rings (SSSR count). The first-order chi connectivity index (χ1) is 7.60. The highest BCUT2D eigenvalue weighted by Gasteiger charge is 2.18. The van der Waals surface area contributed by atoms with Crippen LogP contribution in [0.3, 0.4) is 0 Å². The summed E-state index contributed by atoms with van der Waals surface area (Å²) in [5, 5.41) is 11.8. The van der Waals surface area contributed by atoms with Crippen molar-refractivity contribution < 1.29 is 4.74 Å². The van der Waals surface area contributed by atoms with E-state index in [2.05, 4.69) is 32.9 Å². The Kier molecular flexibility index (Phi) is 3.65. The minimum Gasteiger partial charge on any atom is -0.623 e. The summed E-state index contributed by atoms with van der Waals surface area (Å²) in [6.45, 7) is 12.3. The molecule has 1 aromatic rings. The van der Waals surface area contributed by atoms with Crippen molar-refractivity contribution in [3.63, 3.8) is 0 Å². The van der Waals surface area contributed by atoms with Gasteiger partial charge in [0.2, 0.25) is 0 Å². The van der Waals surface area contributed by atoms with Gasteiger partial charge in [-0.25, -0.2) is 4.74 Å². The number of benzene rings is 1. The Morgan fingerprint density at radius 3 is 1.76 bits per heavy atom. The average molecular weight is 233 g/mol. The van der Waals surface area contributed by atoms with Gasteiger partial charge in [0.25, 0.3) is 0 Å². The van der Waals surface area contributed by atoms with Gasteiger partial charge in [0, 0.05) is 26.3 Å². The second-order valence-corrected chi connectivity index (χ2v) is 6.50. The highest BCUT2D eigenvalue weighted by molar-refractivity contribution is 5.75. The highest BCUT2D eigenvalue weighted by atomic mass is 16.5. The second kappa shape index (κ2) is 4.52. The van der Waals surface area contributed by atoms with Crippen LogP contribution in [0.2, 0.25) is 0 Å². The normalized spacial score (nSPS) is 13.9. The van der Waals surface area contributed by atoms with Crippen molar-refractivity contribution in [3.05, 3.63) is 40.6 Å². The summed E-state index contributed by atoms with van der Waals surface area (Å²) in [6.07, 6.45) is 1.65. The van der Waals surface area contributed by atoms with Gasteiger partial charge in [0.15, 0.2) is 11.8 Å². The zero-order valence-corrected chi connectivity index (χ0v) is 11.7. The van der Waals surface area contributed by atoms with Gasteiger partial charge < -0.3 is 5.21 Å². The standard InChI is InChI=1S/C15H23NO/c1-14(2,3)13-9-7-12(8-10-13)11-16(17)15(4,5)6/h7-11H,1-6H3/b16-11+. The maximum Gasteiger partial charge on any atom is 0.182 e. The number of hydrogen-bond acceptors (Lipinski definition) is 1. The number of nitrogens with zero attached hydrogens (tertiary/aromatic N) is 1. The van der Waals surface area contributed by atoms with Crippen molar-refractivity contribution in [2.75, 3.05) is 0 Å². The molecule has 0 N–H and O–H groups in total. The van der Waals surface area contributed by atoms with Gasteiger partial charge in [0.05, 0.1) is 0 Å². The van der Waals surface area contributed by atoms with Crippen LogP contribution in [0.5, 0.6) is 0 Å². The molecule has 0 aromatic heterocycles. The molecule has 94 valence electrons. The summed E-state index contributed by atoms with van der Waals surface area (Å²) in [7, 11) is 0. The second-order valence-electron chi connectivity index (χ2n) is 6.50. The zero-order chi connectivity index (χ0) is 13.3. The Balaban J connectivity index is 2.97. The highest BCUT2D eigenvalue weighted by Crippen LogP contribution is 2.21. The van der Waals surface area contributed by atoms with E-state index in [9.17, 15) is 5.21 Å². The molecule has 0 aliphatic heterocycles. The van der Waals surface area contributed by atoms with Crippen LogP contribution in [-0.4, -0.2) is 16.5 Å². The summed E-state index contributed by atoms with van der Waals surface area (Å²) in [5.74, 6) is 0. The van der Waals surface area contributed by atoms with Crippen LogP contribution >= 0.6 is 0 Å². The smallest absolute Gasteiger partial charge is 0.182 e. The van der Waals surface area contributed by atoms with Crippen LogP contribution in [0.15, 0.2) is 24.3 Å². The molecule has 0 unspecified atom stereocenters. The predicted octanol–water partition coefficient (Wildman–Crippen LogP) is 3.71. The van der Waals surface area contributed by atoms with E-state index < -0.39 is 0 Å². The monoisotopic (exact) mass is 233 g/mol. The molecule has 0 atom stereocenters. The van der Waals surface area contributed by atoms with Crippen molar-refractivity contribution in [3.8, 4) is 0 Å². The molecular weight excluding hydrogens is 210 g/mol. The summed E-state index contributed by atoms with van der Waals surface area (Å²) in [5.41, 5.74) is 1.99. The van der Waals surface area contributed by atoms with Crippen LogP contribution in [0.1, 0.15) is 52.7 Å². The lowest BCUT2D eigenvalue weighted by atomic mass is 9.87. The summed E-state index contributed by atoms with van der Waals surface area (Å²) in [6, 6.07) is 8.17. The quantitative estimate of drug-likeness (QED) is 0.314. The maximum atomic E-state index is 11.8. The first kappa shape index (κ1) is 13.8. The Morgan fingerprint density at radius 2 is 1.41 bits per heavy atom. The SMILES string of the molecule is CC(C)(C)c1ccc(/C=[N+](/[O-])C(C)(C)C)cc1. The molecular formula is C15H23NO. The maximum absolute atomic E-state index is 11.8. The molecule has 17 heavy (non-hydrogen) atoms. The van der Waals surface area contributed by atoms with E-state index in [4.69, 9.17) is 0 Å². The third kappa shape index (κ3) is 3.88. The fraction of sp³-hybridized carbons (Fsp3) is 0.533. The van der Waals surface area contributed by atoms with Gasteiger partial charge >= 0.3 is 0 Å². The lowest BCUT2D eigenvalue weighted by molar-refractivity contribution is -0.530. The van der Waals surface area contributed by atoms with Crippen LogP contribution in [0.25, 0.3) is 0 Å². The minimum atomic E-state index is -0.386. The Morgan fingerprint density at radius 1 is 0.941 bits per heavy atom. The van der Waals surface area contributed by atoms with Crippen LogP contribution < -0.4 is 0 Å². The molecule has 0 radical (unpaired) electrons. The van der Waals surface area contributed by atoms with E-state index in [1.807, 2.05) is 32.9 Å². The Labute approximate surface area is 105 Å². The van der Waals surface area contributed by atoms with Gasteiger partial charge in [-0.15, -0.1) is 0 Å². The average Bonchev–Trinajstić information content (AvgIpc) is 2.15. The molecule has 0 spiro atoms. The molecule has 0 fully saturated rings. The molecule has 0 aliphatic carbocycles. The summed E-state index contributed by atoms with van der Waals surface area (Å²) >= 11 is 0. The number of hydrogen-bond donors (Lipinski definition) is 0. The van der Waals surface area contributed by atoms with Crippen LogP contribution in [-0.2, 0) is 5.41 Å². The van der Waals surface area contributed by atoms with E-state index in [1.54, 1.807) is 6.21 Å². The third-order valence-electron chi connectivity index (χ3n) is 2.70. The lowest BCUT2D eigenvalue weighted by Gasteiger charge is -2.20. The third-order valence-corrected chi connectivity index (χ3v) is 2.70. The number of hydroxylamine groups is 1. The van der Waals surface area contributed by atoms with Crippen molar-refractivity contribution >= 4 is 6.21 Å². The van der Waals surface area contributed by atoms with Crippen molar-refractivity contribution in [1.82, 2.24) is 0 Å². The molecule has 0 bridgehead atoms. The van der Waals surface area contributed by atoms with Crippen LogP contribution in [0, 0.1) is 5.21 Å². The van der Waals surface area contributed by atoms with E-state index in [-0.39, 0.29) is 11.0 Å². The fourth-order valence-corrected chi connectivity index (χ4v) is 1.40. The van der Waals surface area contributed by atoms with E-state index in [0.717, 1.165) is 10.3 Å². The Bertz CT molecular complexity index is 402. The molecule has 0 amide bonds. The molecule has 0 saturated carbocycles.